The Bertz CT molecular complexity index is 1130. The zero-order valence-electron chi connectivity index (χ0n) is 17.5. The molecule has 1 aromatic carbocycles. The fourth-order valence-corrected chi connectivity index (χ4v) is 5.28. The van der Waals surface area contributed by atoms with Crippen molar-refractivity contribution >= 4 is 23.2 Å². The molecule has 0 heterocycles. The first-order valence-corrected chi connectivity index (χ1v) is 9.97. The van der Waals surface area contributed by atoms with Gasteiger partial charge in [0.15, 0.2) is 17.2 Å². The Kier molecular flexibility index (Phi) is 4.44. The number of allylic oxidation sites excluding steroid dienone is 1. The van der Waals surface area contributed by atoms with Crippen LogP contribution in [0.2, 0.25) is 0 Å². The van der Waals surface area contributed by atoms with E-state index in [1.165, 1.54) is 0 Å². The lowest BCUT2D eigenvalue weighted by Gasteiger charge is -2.47. The molecule has 0 bridgehead atoms. The van der Waals surface area contributed by atoms with Crippen molar-refractivity contribution in [3.05, 3.63) is 45.4 Å². The number of carbonyl (C=O) groups is 3. The fraction of sp³-hybridized carbons (Fsp3) is 0.409. The zero-order valence-corrected chi connectivity index (χ0v) is 17.5. The number of aliphatic hydroxyl groups is 2. The number of carbonyl (C=O) groups excluding carboxylic acids is 3. The molecule has 0 spiro atoms. The third-order valence-electron chi connectivity index (χ3n) is 6.80. The van der Waals surface area contributed by atoms with Crippen molar-refractivity contribution in [2.45, 2.75) is 31.8 Å². The van der Waals surface area contributed by atoms with E-state index in [-0.39, 0.29) is 35.4 Å². The van der Waals surface area contributed by atoms with Crippen molar-refractivity contribution in [3.8, 4) is 5.75 Å². The molecule has 0 fully saturated rings. The Labute approximate surface area is 178 Å². The van der Waals surface area contributed by atoms with Crippen LogP contribution in [0.5, 0.6) is 5.75 Å². The maximum Gasteiger partial charge on any atom is 0.255 e. The van der Waals surface area contributed by atoms with Crippen LogP contribution in [0, 0.1) is 18.8 Å². The minimum Gasteiger partial charge on any atom is -0.508 e. The number of hydrogen-bond donors (Lipinski definition) is 5. The Balaban J connectivity index is 1.98. The molecule has 1 aromatic rings. The molecule has 9 nitrogen and oxygen atoms in total. The lowest BCUT2D eigenvalue weighted by atomic mass is 9.60. The van der Waals surface area contributed by atoms with Gasteiger partial charge in [-0.05, 0) is 42.9 Å². The van der Waals surface area contributed by atoms with Gasteiger partial charge < -0.3 is 31.7 Å². The lowest BCUT2D eigenvalue weighted by molar-refractivity contribution is -0.126. The summed E-state index contributed by atoms with van der Waals surface area (Å²) in [5.41, 5.74) is 10.4. The molecule has 0 saturated heterocycles. The van der Waals surface area contributed by atoms with E-state index in [4.69, 9.17) is 11.5 Å². The summed E-state index contributed by atoms with van der Waals surface area (Å²) < 4.78 is 0. The van der Waals surface area contributed by atoms with Gasteiger partial charge in [0.1, 0.15) is 17.1 Å². The van der Waals surface area contributed by atoms with E-state index in [0.717, 1.165) is 5.69 Å². The topological polar surface area (TPSA) is 167 Å². The molecule has 0 aliphatic heterocycles. The molecule has 0 saturated carbocycles. The van der Waals surface area contributed by atoms with Gasteiger partial charge in [-0.3, -0.25) is 14.4 Å². The highest BCUT2D eigenvalue weighted by Crippen LogP contribution is 2.52. The van der Waals surface area contributed by atoms with Crippen LogP contribution < -0.4 is 16.4 Å². The molecule has 0 unspecified atom stereocenters. The van der Waals surface area contributed by atoms with Crippen LogP contribution in [-0.2, 0) is 16.0 Å². The molecule has 0 radical (unpaired) electrons. The maximum absolute atomic E-state index is 13.5. The van der Waals surface area contributed by atoms with E-state index in [9.17, 15) is 29.7 Å². The second-order valence-electron chi connectivity index (χ2n) is 8.78. The highest BCUT2D eigenvalue weighted by atomic mass is 16.3. The summed E-state index contributed by atoms with van der Waals surface area (Å²) in [7, 11) is 3.67. The van der Waals surface area contributed by atoms with E-state index in [1.54, 1.807) is 13.0 Å². The molecule has 0 aromatic heterocycles. The summed E-state index contributed by atoms with van der Waals surface area (Å²) in [5, 5.41) is 32.7. The number of fused-ring (bicyclic) bond motifs is 3. The number of phenolic OH excluding ortho intramolecular Hbond substituents is 1. The minimum absolute atomic E-state index is 0.0848. The summed E-state index contributed by atoms with van der Waals surface area (Å²) in [6.45, 7) is 1.69. The quantitative estimate of drug-likeness (QED) is 0.422. The highest BCUT2D eigenvalue weighted by molar-refractivity contribution is 6.20. The number of aromatic hydroxyl groups is 1. The van der Waals surface area contributed by atoms with Gasteiger partial charge in [0, 0.05) is 37.7 Å². The maximum atomic E-state index is 13.5. The van der Waals surface area contributed by atoms with Gasteiger partial charge in [-0.2, -0.15) is 0 Å². The third kappa shape index (κ3) is 2.62. The first-order valence-electron chi connectivity index (χ1n) is 9.97. The normalized spacial score (nSPS) is 27.6. The largest absolute Gasteiger partial charge is 0.508 e. The number of phenols is 1. The number of nitrogens with two attached hydrogens (primary N) is 2. The Morgan fingerprint density at radius 2 is 1.87 bits per heavy atom. The Morgan fingerprint density at radius 3 is 2.45 bits per heavy atom. The van der Waals surface area contributed by atoms with Crippen LogP contribution in [0.3, 0.4) is 0 Å². The van der Waals surface area contributed by atoms with E-state index in [1.807, 2.05) is 19.0 Å². The SMILES string of the molecule is Cc1cc(N(C)C)c2c(c1O)C(=O)C1=C(N)[C@]3(O)C(O)=C(C(N)=O)C(=O)C[C@@H]3C[C@@H]1C2. The van der Waals surface area contributed by atoms with Gasteiger partial charge in [-0.1, -0.05) is 0 Å². The van der Waals surface area contributed by atoms with Gasteiger partial charge in [-0.15, -0.1) is 0 Å². The van der Waals surface area contributed by atoms with Crippen LogP contribution in [0.15, 0.2) is 28.7 Å². The van der Waals surface area contributed by atoms with Gasteiger partial charge >= 0.3 is 0 Å². The number of hydrogen-bond acceptors (Lipinski definition) is 8. The van der Waals surface area contributed by atoms with E-state index in [2.05, 4.69) is 0 Å². The standard InChI is InChI=1S/C22H25N3O6/c1-8-4-12(25(2)3)11-6-9-5-10-7-13(26)16(21(24)30)20(29)22(10,31)19(23)14(9)18(28)15(11)17(8)27/h4,9-10,27,29,31H,5-7,23H2,1-3H3,(H2,24,30)/t9-,10+,22+/m1/s1. The number of nitrogens with zero attached hydrogens (tertiary/aromatic N) is 1. The average Bonchev–Trinajstić information content (AvgIpc) is 2.66. The number of amides is 1. The van der Waals surface area contributed by atoms with E-state index >= 15 is 0 Å². The van der Waals surface area contributed by atoms with Crippen LogP contribution in [-0.4, -0.2) is 52.5 Å². The van der Waals surface area contributed by atoms with Crippen molar-refractivity contribution in [3.63, 3.8) is 0 Å². The van der Waals surface area contributed by atoms with E-state index in [0.29, 0.717) is 17.5 Å². The predicted octanol–water partition coefficient (Wildman–Crippen LogP) is 0.356. The monoisotopic (exact) mass is 427 g/mol. The summed E-state index contributed by atoms with van der Waals surface area (Å²) in [6.07, 6.45) is 0.331. The van der Waals surface area contributed by atoms with Crippen molar-refractivity contribution in [2.75, 3.05) is 19.0 Å². The van der Waals surface area contributed by atoms with Crippen molar-refractivity contribution in [1.29, 1.82) is 0 Å². The van der Waals surface area contributed by atoms with Crippen molar-refractivity contribution < 1.29 is 29.7 Å². The number of aryl methyl sites for hydroxylation is 1. The lowest BCUT2D eigenvalue weighted by Crippen LogP contribution is -2.55. The van der Waals surface area contributed by atoms with Crippen LogP contribution in [0.1, 0.15) is 34.3 Å². The zero-order chi connectivity index (χ0) is 23.0. The number of ketones is 2. The molecular weight excluding hydrogens is 402 g/mol. The summed E-state index contributed by atoms with van der Waals surface area (Å²) >= 11 is 0. The molecule has 7 N–H and O–H groups in total. The molecule has 4 rings (SSSR count). The first-order chi connectivity index (χ1) is 14.4. The second-order valence-corrected chi connectivity index (χ2v) is 8.78. The molecule has 1 amide bonds. The van der Waals surface area contributed by atoms with Gasteiger partial charge in [0.25, 0.3) is 5.91 Å². The second kappa shape index (κ2) is 6.58. The van der Waals surface area contributed by atoms with Crippen molar-refractivity contribution in [2.24, 2.45) is 23.3 Å². The molecule has 3 aliphatic carbocycles. The number of rotatable bonds is 2. The molecule has 3 aliphatic rings. The third-order valence-corrected chi connectivity index (χ3v) is 6.80. The number of aliphatic hydroxyl groups excluding tert-OH is 1. The van der Waals surface area contributed by atoms with Crippen LogP contribution in [0.25, 0.3) is 0 Å². The Morgan fingerprint density at radius 1 is 1.23 bits per heavy atom. The van der Waals surface area contributed by atoms with Gasteiger partial charge in [-0.25, -0.2) is 0 Å². The smallest absolute Gasteiger partial charge is 0.255 e. The number of primary amides is 1. The van der Waals surface area contributed by atoms with Crippen molar-refractivity contribution in [1.82, 2.24) is 0 Å². The van der Waals surface area contributed by atoms with Crippen LogP contribution >= 0.6 is 0 Å². The van der Waals surface area contributed by atoms with Crippen LogP contribution in [0.4, 0.5) is 5.69 Å². The molecule has 31 heavy (non-hydrogen) atoms. The first kappa shape index (κ1) is 20.9. The minimum atomic E-state index is -2.25. The number of anilines is 1. The highest BCUT2D eigenvalue weighted by Gasteiger charge is 2.57. The van der Waals surface area contributed by atoms with Gasteiger partial charge in [0.2, 0.25) is 0 Å². The summed E-state index contributed by atoms with van der Waals surface area (Å²) in [5.74, 6) is -4.67. The summed E-state index contributed by atoms with van der Waals surface area (Å²) in [6, 6.07) is 1.80. The Hall–Kier alpha value is -3.33. The molecule has 3 atom stereocenters. The molecule has 9 heteroatoms. The number of Topliss-reactive ketones (excluding diaryl/α,β-unsaturated/α-hetero) is 2. The molecule has 164 valence electrons. The van der Waals surface area contributed by atoms with Gasteiger partial charge in [0.05, 0.1) is 11.3 Å². The predicted molar refractivity (Wildman–Crippen MR) is 111 cm³/mol. The van der Waals surface area contributed by atoms with E-state index < -0.39 is 46.2 Å². The number of benzene rings is 1. The molecular formula is C22H25N3O6. The average molecular weight is 427 g/mol. The fourth-order valence-electron chi connectivity index (χ4n) is 5.28. The summed E-state index contributed by atoms with van der Waals surface area (Å²) in [4.78, 5) is 39.5.